The highest BCUT2D eigenvalue weighted by molar-refractivity contribution is 5.95. The van der Waals surface area contributed by atoms with Gasteiger partial charge in [0.05, 0.1) is 18.4 Å². The average Bonchev–Trinajstić information content (AvgIpc) is 3.01. The van der Waals surface area contributed by atoms with E-state index in [-0.39, 0.29) is 5.69 Å². The molecule has 0 radical (unpaired) electrons. The van der Waals surface area contributed by atoms with Gasteiger partial charge in [-0.25, -0.2) is 4.79 Å². The van der Waals surface area contributed by atoms with Gasteiger partial charge in [0.2, 0.25) is 0 Å². The number of hydrogen-bond donors (Lipinski definition) is 1. The number of aromatic carboxylic acids is 1. The maximum Gasteiger partial charge on any atom is 0.352 e. The van der Waals surface area contributed by atoms with Crippen LogP contribution in [0.2, 0.25) is 0 Å². The Bertz CT molecular complexity index is 899. The molecule has 3 heterocycles. The zero-order valence-corrected chi connectivity index (χ0v) is 13.8. The molecular weight excluding hydrogens is 318 g/mol. The summed E-state index contributed by atoms with van der Waals surface area (Å²) in [6.45, 7) is 1.96. The molecule has 1 aromatic carbocycles. The van der Waals surface area contributed by atoms with Crippen LogP contribution in [-0.2, 0) is 11.3 Å². The minimum absolute atomic E-state index is 0.268. The lowest BCUT2D eigenvalue weighted by Crippen LogP contribution is -2.14. The summed E-state index contributed by atoms with van der Waals surface area (Å²) in [6.07, 6.45) is 6.91. The van der Waals surface area contributed by atoms with Gasteiger partial charge >= 0.3 is 5.97 Å². The molecule has 0 saturated carbocycles. The van der Waals surface area contributed by atoms with Gasteiger partial charge in [0, 0.05) is 36.5 Å². The molecule has 0 amide bonds. The Balaban J connectivity index is 1.75. The molecular formula is C19H19N3O3. The maximum atomic E-state index is 11.7. The fourth-order valence-electron chi connectivity index (χ4n) is 3.50. The van der Waals surface area contributed by atoms with Gasteiger partial charge in [-0.2, -0.15) is 0 Å². The number of ether oxygens (including phenoxy) is 1. The van der Waals surface area contributed by atoms with E-state index in [1.807, 2.05) is 6.07 Å². The molecule has 3 aromatic rings. The third-order valence-electron chi connectivity index (χ3n) is 4.77. The molecule has 1 fully saturated rings. The third-order valence-corrected chi connectivity index (χ3v) is 4.77. The van der Waals surface area contributed by atoms with Crippen LogP contribution in [0.3, 0.4) is 0 Å². The zero-order valence-electron chi connectivity index (χ0n) is 13.8. The lowest BCUT2D eigenvalue weighted by atomic mass is 9.91. The first-order valence-corrected chi connectivity index (χ1v) is 8.41. The number of aromatic nitrogens is 3. The van der Waals surface area contributed by atoms with E-state index in [0.717, 1.165) is 42.7 Å². The van der Waals surface area contributed by atoms with Crippen molar-refractivity contribution in [2.24, 2.45) is 0 Å². The number of rotatable bonds is 4. The topological polar surface area (TPSA) is 77.2 Å². The molecule has 6 heteroatoms. The van der Waals surface area contributed by atoms with Crippen molar-refractivity contribution in [3.05, 3.63) is 59.8 Å². The van der Waals surface area contributed by atoms with Crippen LogP contribution in [0.5, 0.6) is 0 Å². The van der Waals surface area contributed by atoms with E-state index in [2.05, 4.69) is 22.1 Å². The summed E-state index contributed by atoms with van der Waals surface area (Å²) < 4.78 is 7.22. The van der Waals surface area contributed by atoms with Crippen molar-refractivity contribution in [2.45, 2.75) is 25.3 Å². The fraction of sp³-hybridized carbons (Fsp3) is 0.316. The van der Waals surface area contributed by atoms with Gasteiger partial charge in [-0.1, -0.05) is 6.07 Å². The van der Waals surface area contributed by atoms with Crippen molar-refractivity contribution >= 4 is 16.9 Å². The molecule has 0 aliphatic carbocycles. The second-order valence-electron chi connectivity index (χ2n) is 6.32. The van der Waals surface area contributed by atoms with Gasteiger partial charge in [0.25, 0.3) is 0 Å². The number of carboxylic acid groups (broad SMARTS) is 1. The number of carbonyl (C=O) groups is 1. The molecule has 1 aliphatic heterocycles. The van der Waals surface area contributed by atoms with Crippen LogP contribution in [0.1, 0.15) is 40.5 Å². The van der Waals surface area contributed by atoms with Crippen molar-refractivity contribution in [1.29, 1.82) is 0 Å². The normalized spacial score (nSPS) is 15.5. The molecule has 6 nitrogen and oxygen atoms in total. The molecule has 1 aliphatic rings. The second-order valence-corrected chi connectivity index (χ2v) is 6.32. The van der Waals surface area contributed by atoms with Gasteiger partial charge in [0.1, 0.15) is 5.69 Å². The molecule has 128 valence electrons. The average molecular weight is 337 g/mol. The highest BCUT2D eigenvalue weighted by Crippen LogP contribution is 2.30. The van der Waals surface area contributed by atoms with Gasteiger partial charge in [0.15, 0.2) is 0 Å². The predicted molar refractivity (Wildman–Crippen MR) is 92.8 cm³/mol. The van der Waals surface area contributed by atoms with E-state index < -0.39 is 5.97 Å². The molecule has 1 saturated heterocycles. The number of hydrogen-bond acceptors (Lipinski definition) is 4. The van der Waals surface area contributed by atoms with E-state index >= 15 is 0 Å². The highest BCUT2D eigenvalue weighted by atomic mass is 16.5. The summed E-state index contributed by atoms with van der Waals surface area (Å²) in [5, 5.41) is 10.5. The fourth-order valence-corrected chi connectivity index (χ4v) is 3.50. The van der Waals surface area contributed by atoms with Crippen molar-refractivity contribution in [3.8, 4) is 0 Å². The molecule has 0 unspecified atom stereocenters. The first-order valence-electron chi connectivity index (χ1n) is 8.41. The van der Waals surface area contributed by atoms with E-state index in [0.29, 0.717) is 12.5 Å². The molecule has 2 aromatic heterocycles. The first kappa shape index (κ1) is 15.8. The lowest BCUT2D eigenvalue weighted by molar-refractivity contribution is 0.0686. The smallest absolute Gasteiger partial charge is 0.352 e. The van der Waals surface area contributed by atoms with Crippen molar-refractivity contribution in [1.82, 2.24) is 14.5 Å². The highest BCUT2D eigenvalue weighted by Gasteiger charge is 2.19. The third kappa shape index (κ3) is 3.13. The van der Waals surface area contributed by atoms with Crippen molar-refractivity contribution in [3.63, 3.8) is 0 Å². The van der Waals surface area contributed by atoms with E-state index in [9.17, 15) is 9.90 Å². The van der Waals surface area contributed by atoms with Crippen LogP contribution in [-0.4, -0.2) is 38.8 Å². The number of fused-ring (bicyclic) bond motifs is 1. The molecule has 0 atom stereocenters. The number of carboxylic acids is 1. The minimum Gasteiger partial charge on any atom is -0.477 e. The van der Waals surface area contributed by atoms with Gasteiger partial charge in [-0.05, 0) is 42.5 Å². The summed E-state index contributed by atoms with van der Waals surface area (Å²) >= 11 is 0. The van der Waals surface area contributed by atoms with Crippen LogP contribution < -0.4 is 0 Å². The molecule has 0 spiro atoms. The quantitative estimate of drug-likeness (QED) is 0.792. The SMILES string of the molecule is O=C(O)c1cc2cc(C3CCOCC3)ccc2n1Cc1cnccn1. The van der Waals surface area contributed by atoms with Crippen molar-refractivity contribution < 1.29 is 14.6 Å². The first-order chi connectivity index (χ1) is 12.2. The summed E-state index contributed by atoms with van der Waals surface area (Å²) in [4.78, 5) is 20.0. The monoisotopic (exact) mass is 337 g/mol. The number of nitrogens with zero attached hydrogens (tertiary/aromatic N) is 3. The molecule has 0 bridgehead atoms. The zero-order chi connectivity index (χ0) is 17.2. The Morgan fingerprint density at radius 3 is 2.80 bits per heavy atom. The van der Waals surface area contributed by atoms with Crippen LogP contribution in [0, 0.1) is 0 Å². The van der Waals surface area contributed by atoms with Crippen LogP contribution in [0.4, 0.5) is 0 Å². The Morgan fingerprint density at radius 2 is 2.08 bits per heavy atom. The Morgan fingerprint density at radius 1 is 1.24 bits per heavy atom. The second kappa shape index (κ2) is 6.64. The Kier molecular flexibility index (Phi) is 4.19. The van der Waals surface area contributed by atoms with Crippen LogP contribution in [0.25, 0.3) is 10.9 Å². The van der Waals surface area contributed by atoms with Crippen LogP contribution in [0.15, 0.2) is 42.9 Å². The summed E-state index contributed by atoms with van der Waals surface area (Å²) in [5.74, 6) is -0.456. The van der Waals surface area contributed by atoms with Crippen LogP contribution >= 0.6 is 0 Å². The Hall–Kier alpha value is -2.73. The van der Waals surface area contributed by atoms with Gasteiger partial charge in [-0.3, -0.25) is 9.97 Å². The van der Waals surface area contributed by atoms with E-state index in [4.69, 9.17) is 4.74 Å². The predicted octanol–water partition coefficient (Wildman–Crippen LogP) is 3.07. The largest absolute Gasteiger partial charge is 0.477 e. The van der Waals surface area contributed by atoms with E-state index in [1.165, 1.54) is 5.56 Å². The Labute approximate surface area is 145 Å². The number of benzene rings is 1. The van der Waals surface area contributed by atoms with Gasteiger partial charge in [-0.15, -0.1) is 0 Å². The summed E-state index contributed by atoms with van der Waals surface area (Å²) in [7, 11) is 0. The molecule has 4 rings (SSSR count). The standard InChI is InChI=1S/C19H19N3O3/c23-19(24)18-10-15-9-14(13-3-7-25-8-4-13)1-2-17(15)22(18)12-16-11-20-5-6-21-16/h1-2,5-6,9-11,13H,3-4,7-8,12H2,(H,23,24). The van der Waals surface area contributed by atoms with Gasteiger partial charge < -0.3 is 14.4 Å². The summed E-state index contributed by atoms with van der Waals surface area (Å²) in [6, 6.07) is 7.99. The maximum absolute atomic E-state index is 11.7. The summed E-state index contributed by atoms with van der Waals surface area (Å²) in [5.41, 5.74) is 3.16. The molecule has 25 heavy (non-hydrogen) atoms. The lowest BCUT2D eigenvalue weighted by Gasteiger charge is -2.22. The minimum atomic E-state index is -0.937. The molecule has 1 N–H and O–H groups in total. The van der Waals surface area contributed by atoms with E-state index in [1.54, 1.807) is 29.2 Å². The van der Waals surface area contributed by atoms with Crippen molar-refractivity contribution in [2.75, 3.05) is 13.2 Å².